The highest BCUT2D eigenvalue weighted by Crippen LogP contribution is 2.25. The number of aryl methyl sites for hydroxylation is 3. The Morgan fingerprint density at radius 1 is 0.971 bits per heavy atom. The van der Waals surface area contributed by atoms with Crippen LogP contribution in [0.25, 0.3) is 0 Å². The number of carbonyl (C=O) groups excluding carboxylic acids is 1. The minimum atomic E-state index is -3.84. The molecule has 1 aliphatic rings. The summed E-state index contributed by atoms with van der Waals surface area (Å²) < 4.78 is 40.0. The summed E-state index contributed by atoms with van der Waals surface area (Å²) in [5.74, 6) is 0.328. The molecule has 8 heteroatoms. The minimum Gasteiger partial charge on any atom is -0.491 e. The number of nitrogens with one attached hydrogen (secondary N) is 2. The molecule has 0 spiro atoms. The number of anilines is 2. The van der Waals surface area contributed by atoms with Gasteiger partial charge in [0.2, 0.25) is 0 Å². The van der Waals surface area contributed by atoms with E-state index in [-0.39, 0.29) is 16.9 Å². The number of amides is 1. The summed E-state index contributed by atoms with van der Waals surface area (Å²) in [6.45, 7) is 6.88. The van der Waals surface area contributed by atoms with E-state index < -0.39 is 10.0 Å². The van der Waals surface area contributed by atoms with Crippen LogP contribution in [-0.2, 0) is 14.8 Å². The second-order valence-corrected chi connectivity index (χ2v) is 10.5. The van der Waals surface area contributed by atoms with Crippen molar-refractivity contribution in [3.05, 3.63) is 82.9 Å². The average Bonchev–Trinajstić information content (AvgIpc) is 3.35. The molecular weight excluding hydrogens is 464 g/mol. The van der Waals surface area contributed by atoms with Crippen LogP contribution in [0.3, 0.4) is 0 Å². The number of carbonyl (C=O) groups is 1. The van der Waals surface area contributed by atoms with Crippen molar-refractivity contribution in [2.24, 2.45) is 0 Å². The molecule has 0 saturated carbocycles. The average molecular weight is 495 g/mol. The molecule has 0 aliphatic carbocycles. The van der Waals surface area contributed by atoms with Gasteiger partial charge in [0, 0.05) is 17.9 Å². The monoisotopic (exact) mass is 494 g/mol. The van der Waals surface area contributed by atoms with Gasteiger partial charge in [0.15, 0.2) is 0 Å². The van der Waals surface area contributed by atoms with Gasteiger partial charge in [0.05, 0.1) is 16.7 Å². The molecule has 3 aromatic carbocycles. The van der Waals surface area contributed by atoms with Crippen molar-refractivity contribution in [3.63, 3.8) is 0 Å². The number of benzene rings is 3. The van der Waals surface area contributed by atoms with Crippen LogP contribution in [-0.4, -0.2) is 33.6 Å². The van der Waals surface area contributed by atoms with Gasteiger partial charge in [0.25, 0.3) is 15.9 Å². The summed E-state index contributed by atoms with van der Waals surface area (Å²) in [4.78, 5) is 12.9. The molecule has 1 atom stereocenters. The summed E-state index contributed by atoms with van der Waals surface area (Å²) >= 11 is 0. The molecule has 1 aliphatic heterocycles. The fourth-order valence-electron chi connectivity index (χ4n) is 3.90. The van der Waals surface area contributed by atoms with Gasteiger partial charge in [-0.3, -0.25) is 9.52 Å². The number of ether oxygens (including phenoxy) is 2. The summed E-state index contributed by atoms with van der Waals surface area (Å²) in [7, 11) is -3.84. The van der Waals surface area contributed by atoms with Crippen molar-refractivity contribution in [2.75, 3.05) is 23.3 Å². The van der Waals surface area contributed by atoms with Crippen molar-refractivity contribution < 1.29 is 22.7 Å². The van der Waals surface area contributed by atoms with Gasteiger partial charge < -0.3 is 14.8 Å². The van der Waals surface area contributed by atoms with Gasteiger partial charge in [-0.15, -0.1) is 0 Å². The first-order valence-electron chi connectivity index (χ1n) is 11.6. The second kappa shape index (κ2) is 10.5. The Morgan fingerprint density at radius 3 is 2.43 bits per heavy atom. The lowest BCUT2D eigenvalue weighted by atomic mass is 10.1. The van der Waals surface area contributed by atoms with Crippen LogP contribution in [0.15, 0.2) is 65.6 Å². The van der Waals surface area contributed by atoms with E-state index in [2.05, 4.69) is 10.0 Å². The van der Waals surface area contributed by atoms with Gasteiger partial charge in [-0.25, -0.2) is 8.42 Å². The zero-order valence-corrected chi connectivity index (χ0v) is 20.9. The van der Waals surface area contributed by atoms with E-state index >= 15 is 0 Å². The van der Waals surface area contributed by atoms with Gasteiger partial charge in [-0.1, -0.05) is 23.8 Å². The highest BCUT2D eigenvalue weighted by Gasteiger charge is 2.19. The molecule has 7 nitrogen and oxygen atoms in total. The lowest BCUT2D eigenvalue weighted by molar-refractivity contribution is 0.0679. The summed E-state index contributed by atoms with van der Waals surface area (Å²) in [5, 5.41) is 2.83. The molecule has 2 N–H and O–H groups in total. The maximum Gasteiger partial charge on any atom is 0.261 e. The van der Waals surface area contributed by atoms with Gasteiger partial charge >= 0.3 is 0 Å². The molecule has 0 aromatic heterocycles. The molecule has 1 unspecified atom stereocenters. The number of hydrogen-bond acceptors (Lipinski definition) is 5. The molecule has 1 saturated heterocycles. The van der Waals surface area contributed by atoms with Crippen LogP contribution in [0.5, 0.6) is 5.75 Å². The fraction of sp³-hybridized carbons (Fsp3) is 0.296. The first-order valence-corrected chi connectivity index (χ1v) is 13.1. The van der Waals surface area contributed by atoms with Gasteiger partial charge in [-0.05, 0) is 87.2 Å². The fourth-order valence-corrected chi connectivity index (χ4v) is 5.05. The molecular formula is C27H30N2O5S. The topological polar surface area (TPSA) is 93.7 Å². The lowest BCUT2D eigenvalue weighted by Crippen LogP contribution is -2.17. The predicted molar refractivity (Wildman–Crippen MR) is 137 cm³/mol. The summed E-state index contributed by atoms with van der Waals surface area (Å²) in [6, 6.07) is 17.0. The standard InChI is InChI=1S/C27H30N2O5S/c1-18-6-13-25(20(3)15-18)29-35(31,32)24-12-7-19(2)26(16-24)28-27(30)21-8-10-22(11-9-21)34-17-23-5-4-14-33-23/h6-13,15-16,23,29H,4-5,14,17H2,1-3H3,(H,28,30). The van der Waals surface area contributed by atoms with Crippen molar-refractivity contribution >= 4 is 27.3 Å². The number of sulfonamides is 1. The van der Waals surface area contributed by atoms with E-state index in [0.29, 0.717) is 29.3 Å². The zero-order valence-electron chi connectivity index (χ0n) is 20.1. The highest BCUT2D eigenvalue weighted by atomic mass is 32.2. The molecule has 1 amide bonds. The molecule has 35 heavy (non-hydrogen) atoms. The Morgan fingerprint density at radius 2 is 1.74 bits per heavy atom. The third-order valence-corrected chi connectivity index (χ3v) is 7.33. The smallest absolute Gasteiger partial charge is 0.261 e. The highest BCUT2D eigenvalue weighted by molar-refractivity contribution is 7.92. The van der Waals surface area contributed by atoms with Crippen LogP contribution in [0.2, 0.25) is 0 Å². The largest absolute Gasteiger partial charge is 0.491 e. The number of hydrogen-bond donors (Lipinski definition) is 2. The summed E-state index contributed by atoms with van der Waals surface area (Å²) in [6.07, 6.45) is 2.17. The molecule has 3 aromatic rings. The molecule has 184 valence electrons. The van der Waals surface area contributed by atoms with Gasteiger partial charge in [0.1, 0.15) is 12.4 Å². The molecule has 4 rings (SSSR count). The van der Waals surface area contributed by atoms with Crippen LogP contribution < -0.4 is 14.8 Å². The quantitative estimate of drug-likeness (QED) is 0.448. The summed E-state index contributed by atoms with van der Waals surface area (Å²) in [5.41, 5.74) is 4.02. The maximum absolute atomic E-state index is 13.0. The maximum atomic E-state index is 13.0. The van der Waals surface area contributed by atoms with E-state index in [1.807, 2.05) is 32.9 Å². The lowest BCUT2D eigenvalue weighted by Gasteiger charge is -2.14. The Hall–Kier alpha value is -3.36. The van der Waals surface area contributed by atoms with Crippen LogP contribution in [0, 0.1) is 20.8 Å². The van der Waals surface area contributed by atoms with E-state index in [4.69, 9.17) is 9.47 Å². The Labute approximate surface area is 206 Å². The zero-order chi connectivity index (χ0) is 25.0. The Kier molecular flexibility index (Phi) is 7.42. The predicted octanol–water partition coefficient (Wildman–Crippen LogP) is 5.22. The Balaban J connectivity index is 1.45. The van der Waals surface area contributed by atoms with Crippen LogP contribution in [0.4, 0.5) is 11.4 Å². The normalized spacial score (nSPS) is 15.6. The third-order valence-electron chi connectivity index (χ3n) is 5.97. The minimum absolute atomic E-state index is 0.0660. The van der Waals surface area contributed by atoms with E-state index in [1.165, 1.54) is 12.1 Å². The van der Waals surface area contributed by atoms with Crippen molar-refractivity contribution in [2.45, 2.75) is 44.6 Å². The van der Waals surface area contributed by atoms with E-state index in [9.17, 15) is 13.2 Å². The van der Waals surface area contributed by atoms with E-state index in [0.717, 1.165) is 36.1 Å². The van der Waals surface area contributed by atoms with Crippen molar-refractivity contribution in [1.29, 1.82) is 0 Å². The third kappa shape index (κ3) is 6.21. The molecule has 0 bridgehead atoms. The first-order chi connectivity index (χ1) is 16.7. The van der Waals surface area contributed by atoms with Crippen molar-refractivity contribution in [3.8, 4) is 5.75 Å². The number of rotatable bonds is 8. The van der Waals surface area contributed by atoms with Gasteiger partial charge in [-0.2, -0.15) is 0 Å². The van der Waals surface area contributed by atoms with Crippen LogP contribution >= 0.6 is 0 Å². The van der Waals surface area contributed by atoms with E-state index in [1.54, 1.807) is 36.4 Å². The second-order valence-electron chi connectivity index (χ2n) is 8.83. The molecule has 1 heterocycles. The van der Waals surface area contributed by atoms with Crippen molar-refractivity contribution in [1.82, 2.24) is 0 Å². The molecule has 0 radical (unpaired) electrons. The first kappa shape index (κ1) is 24.8. The Bertz CT molecular complexity index is 1310. The molecule has 1 fully saturated rings. The van der Waals surface area contributed by atoms with Crippen LogP contribution in [0.1, 0.15) is 39.9 Å². The SMILES string of the molecule is Cc1ccc(NS(=O)(=O)c2ccc(C)c(NC(=O)c3ccc(OCC4CCCO4)cc3)c2)c(C)c1.